The van der Waals surface area contributed by atoms with Gasteiger partial charge in [-0.05, 0) is 49.2 Å². The fraction of sp³-hybridized carbons (Fsp3) is 0.417. The first-order chi connectivity index (χ1) is 17.5. The van der Waals surface area contributed by atoms with E-state index in [1.54, 1.807) is 5.01 Å². The lowest BCUT2D eigenvalue weighted by Gasteiger charge is -2.30. The number of carbonyl (C=O) groups excluding carboxylic acids is 2. The van der Waals surface area contributed by atoms with Crippen LogP contribution in [0.5, 0.6) is 0 Å². The molecule has 2 aromatic carbocycles. The molecule has 2 amide bonds. The molecule has 0 radical (unpaired) electrons. The molecule has 0 saturated carbocycles. The molecule has 0 aromatic heterocycles. The number of carbonyl (C=O) groups is 2. The monoisotopic (exact) mass is 558 g/mol. The summed E-state index contributed by atoms with van der Waals surface area (Å²) in [5.74, 6) is -5.67. The molecule has 200 valence electrons. The Morgan fingerprint density at radius 3 is 2.49 bits per heavy atom. The highest BCUT2D eigenvalue weighted by atomic mass is 35.5. The summed E-state index contributed by atoms with van der Waals surface area (Å²) in [4.78, 5) is 24.9. The molecule has 2 aromatic rings. The number of hydrazine groups is 1. The van der Waals surface area contributed by atoms with Gasteiger partial charge in [-0.3, -0.25) is 15.0 Å². The molecule has 2 N–H and O–H groups in total. The molecule has 0 aliphatic carbocycles. The number of benzene rings is 2. The molecule has 2 saturated heterocycles. The predicted molar refractivity (Wildman–Crippen MR) is 130 cm³/mol. The van der Waals surface area contributed by atoms with Gasteiger partial charge in [0.2, 0.25) is 15.9 Å². The van der Waals surface area contributed by atoms with Crippen molar-refractivity contribution in [3.8, 4) is 0 Å². The minimum Gasteiger partial charge on any atom is -0.354 e. The van der Waals surface area contributed by atoms with Crippen LogP contribution in [-0.2, 0) is 21.4 Å². The highest BCUT2D eigenvalue weighted by Gasteiger charge is 2.45. The summed E-state index contributed by atoms with van der Waals surface area (Å²) in [6, 6.07) is 6.67. The highest BCUT2D eigenvalue weighted by molar-refractivity contribution is 7.89. The molecule has 2 aliphatic heterocycles. The zero-order valence-electron chi connectivity index (χ0n) is 19.7. The van der Waals surface area contributed by atoms with E-state index in [9.17, 15) is 26.8 Å². The van der Waals surface area contributed by atoms with Crippen LogP contribution >= 0.6 is 11.6 Å². The minimum absolute atomic E-state index is 0.0130. The lowest BCUT2D eigenvalue weighted by molar-refractivity contribution is -0.126. The van der Waals surface area contributed by atoms with Crippen molar-refractivity contribution >= 4 is 33.4 Å². The van der Waals surface area contributed by atoms with Gasteiger partial charge in [0.1, 0.15) is 11.9 Å². The van der Waals surface area contributed by atoms with Gasteiger partial charge in [0.15, 0.2) is 0 Å². The number of halogens is 4. The Kier molecular flexibility index (Phi) is 8.12. The molecular formula is C24H26ClF3N4O4S. The topological polar surface area (TPSA) is 98.8 Å². The van der Waals surface area contributed by atoms with Crippen molar-refractivity contribution in [2.24, 2.45) is 0 Å². The van der Waals surface area contributed by atoms with E-state index >= 15 is 4.39 Å². The van der Waals surface area contributed by atoms with Gasteiger partial charge in [0.05, 0.1) is 4.90 Å². The summed E-state index contributed by atoms with van der Waals surface area (Å²) in [6.45, 7) is 0.321. The van der Waals surface area contributed by atoms with Crippen LogP contribution in [0.1, 0.15) is 41.6 Å². The molecule has 0 bridgehead atoms. The van der Waals surface area contributed by atoms with E-state index in [2.05, 4.69) is 10.7 Å². The van der Waals surface area contributed by atoms with Gasteiger partial charge in [0.25, 0.3) is 11.8 Å². The van der Waals surface area contributed by atoms with Crippen molar-refractivity contribution in [3.05, 3.63) is 64.4 Å². The van der Waals surface area contributed by atoms with Gasteiger partial charge in [-0.2, -0.15) is 4.31 Å². The van der Waals surface area contributed by atoms with E-state index in [-0.39, 0.29) is 27.6 Å². The standard InChI is InChI=1S/C24H26ClF3N4O4S/c25-18-5-7-19(8-6-18)37(35,36)32(21-14-24(27,28)9-10-29-23(21)34)15-17-4-3-16(13-20(17)26)22(33)30-31-11-1-2-12-31/h3-8,13,21H,1-2,9-12,14-15H2,(H,29,34)(H,30,33). The fourth-order valence-electron chi connectivity index (χ4n) is 4.32. The van der Waals surface area contributed by atoms with E-state index in [0.29, 0.717) is 17.4 Å². The molecule has 0 spiro atoms. The maximum absolute atomic E-state index is 15.1. The Morgan fingerprint density at radius 2 is 1.84 bits per heavy atom. The molecule has 8 nitrogen and oxygen atoms in total. The summed E-state index contributed by atoms with van der Waals surface area (Å²) in [5, 5.41) is 4.29. The van der Waals surface area contributed by atoms with Crippen LogP contribution in [0.4, 0.5) is 13.2 Å². The number of hydrogen-bond donors (Lipinski definition) is 2. The van der Waals surface area contributed by atoms with Crippen molar-refractivity contribution in [3.63, 3.8) is 0 Å². The summed E-state index contributed by atoms with van der Waals surface area (Å²) < 4.78 is 71.8. The average Bonchev–Trinajstić information content (AvgIpc) is 3.30. The number of nitrogens with zero attached hydrogens (tertiary/aromatic N) is 2. The van der Waals surface area contributed by atoms with Gasteiger partial charge >= 0.3 is 0 Å². The molecular weight excluding hydrogens is 533 g/mol. The summed E-state index contributed by atoms with van der Waals surface area (Å²) in [5.41, 5.74) is 2.51. The second-order valence-electron chi connectivity index (χ2n) is 9.06. The summed E-state index contributed by atoms with van der Waals surface area (Å²) >= 11 is 5.86. The van der Waals surface area contributed by atoms with Crippen LogP contribution in [0.25, 0.3) is 0 Å². The van der Waals surface area contributed by atoms with Gasteiger partial charge in [-0.1, -0.05) is 17.7 Å². The quantitative estimate of drug-likeness (QED) is 0.543. The Hall–Kier alpha value is -2.67. The third kappa shape index (κ3) is 6.43. The van der Waals surface area contributed by atoms with Crippen LogP contribution in [0.2, 0.25) is 5.02 Å². The van der Waals surface area contributed by atoms with Crippen LogP contribution < -0.4 is 10.7 Å². The first-order valence-corrected chi connectivity index (χ1v) is 13.6. The molecule has 2 heterocycles. The van der Waals surface area contributed by atoms with E-state index < -0.39 is 59.0 Å². The van der Waals surface area contributed by atoms with Crippen LogP contribution in [-0.4, -0.2) is 61.1 Å². The molecule has 2 fully saturated rings. The van der Waals surface area contributed by atoms with Crippen molar-refractivity contribution in [1.82, 2.24) is 20.1 Å². The Morgan fingerprint density at radius 1 is 1.16 bits per heavy atom. The SMILES string of the molecule is O=C(NN1CCCC1)c1ccc(CN(C2CC(F)(F)CCNC2=O)S(=O)(=O)c2ccc(Cl)cc2)c(F)c1. The second-order valence-corrected chi connectivity index (χ2v) is 11.4. The third-order valence-electron chi connectivity index (χ3n) is 6.36. The minimum atomic E-state index is -4.55. The highest BCUT2D eigenvalue weighted by Crippen LogP contribution is 2.32. The van der Waals surface area contributed by atoms with Crippen molar-refractivity contribution < 1.29 is 31.2 Å². The number of nitrogens with one attached hydrogen (secondary N) is 2. The fourth-order valence-corrected chi connectivity index (χ4v) is 6.01. The number of amides is 2. The lowest BCUT2D eigenvalue weighted by atomic mass is 10.1. The molecule has 4 rings (SSSR count). The summed E-state index contributed by atoms with van der Waals surface area (Å²) in [6.07, 6.45) is 0.140. The van der Waals surface area contributed by atoms with E-state index in [4.69, 9.17) is 11.6 Å². The predicted octanol–water partition coefficient (Wildman–Crippen LogP) is 3.32. The Balaban J connectivity index is 1.67. The smallest absolute Gasteiger partial charge is 0.265 e. The van der Waals surface area contributed by atoms with Crippen LogP contribution in [0.3, 0.4) is 0 Å². The maximum Gasteiger partial charge on any atom is 0.265 e. The zero-order valence-corrected chi connectivity index (χ0v) is 21.3. The summed E-state index contributed by atoms with van der Waals surface area (Å²) in [7, 11) is -4.55. The first kappa shape index (κ1) is 27.4. The number of rotatable bonds is 7. The number of hydrogen-bond acceptors (Lipinski definition) is 5. The van der Waals surface area contributed by atoms with Crippen molar-refractivity contribution in [1.29, 1.82) is 0 Å². The normalized spacial score (nSPS) is 20.5. The molecule has 1 unspecified atom stereocenters. The second kappa shape index (κ2) is 11.0. The largest absolute Gasteiger partial charge is 0.354 e. The van der Waals surface area contributed by atoms with E-state index in [1.165, 1.54) is 36.4 Å². The molecule has 13 heteroatoms. The lowest BCUT2D eigenvalue weighted by Crippen LogP contribution is -2.49. The van der Waals surface area contributed by atoms with Crippen molar-refractivity contribution in [2.45, 2.75) is 49.1 Å². The Labute approximate surface area is 217 Å². The molecule has 37 heavy (non-hydrogen) atoms. The van der Waals surface area contributed by atoms with Gasteiger partial charge < -0.3 is 5.32 Å². The first-order valence-electron chi connectivity index (χ1n) is 11.7. The van der Waals surface area contributed by atoms with Crippen molar-refractivity contribution in [2.75, 3.05) is 19.6 Å². The number of alkyl halides is 2. The van der Waals surface area contributed by atoms with Crippen LogP contribution in [0, 0.1) is 5.82 Å². The van der Waals surface area contributed by atoms with E-state index in [0.717, 1.165) is 18.9 Å². The van der Waals surface area contributed by atoms with E-state index in [1.807, 2.05) is 0 Å². The van der Waals surface area contributed by atoms with Gasteiger partial charge in [-0.25, -0.2) is 26.6 Å². The van der Waals surface area contributed by atoms with Gasteiger partial charge in [0, 0.05) is 55.2 Å². The molecule has 1 atom stereocenters. The van der Waals surface area contributed by atoms with Crippen LogP contribution in [0.15, 0.2) is 47.4 Å². The number of sulfonamides is 1. The third-order valence-corrected chi connectivity index (χ3v) is 8.48. The zero-order chi connectivity index (χ0) is 26.8. The van der Waals surface area contributed by atoms with Gasteiger partial charge in [-0.15, -0.1) is 0 Å². The molecule has 2 aliphatic rings. The Bertz CT molecular complexity index is 1270. The average molecular weight is 559 g/mol. The maximum atomic E-state index is 15.1.